The van der Waals surface area contributed by atoms with Crippen molar-refractivity contribution in [1.29, 1.82) is 0 Å². The summed E-state index contributed by atoms with van der Waals surface area (Å²) in [6, 6.07) is 25.9. The number of rotatable bonds is 7. The third-order valence-electron chi connectivity index (χ3n) is 6.03. The van der Waals surface area contributed by atoms with Crippen molar-refractivity contribution in [3.63, 3.8) is 0 Å². The third-order valence-corrected chi connectivity index (χ3v) is 7.61. The number of ketones is 1. The Hall–Kier alpha value is -3.91. The lowest BCUT2D eigenvalue weighted by atomic mass is 10.0. The van der Waals surface area contributed by atoms with E-state index in [0.717, 1.165) is 17.3 Å². The molecule has 0 bridgehead atoms. The van der Waals surface area contributed by atoms with Gasteiger partial charge in [-0.25, -0.2) is 4.98 Å². The highest BCUT2D eigenvalue weighted by Crippen LogP contribution is 2.27. The minimum Gasteiger partial charge on any atom is -0.325 e. The van der Waals surface area contributed by atoms with Gasteiger partial charge in [0.15, 0.2) is 10.9 Å². The molecule has 0 unspecified atom stereocenters. The van der Waals surface area contributed by atoms with Gasteiger partial charge in [0.05, 0.1) is 28.0 Å². The first-order valence-corrected chi connectivity index (χ1v) is 13.7. The first kappa shape index (κ1) is 26.7. The summed E-state index contributed by atoms with van der Waals surface area (Å²) in [5, 5.41) is 4.49. The van der Waals surface area contributed by atoms with Crippen molar-refractivity contribution in [3.05, 3.63) is 128 Å². The standard InChI is InChI=1S/C30H21Cl2N3O3S/c1-18-11-13-21(16-24(18)32)35-29(38)22-9-5-6-10-25(22)34-30(35)39-17-27(36)33-26-14-12-20(31)15-23(26)28(37)19-7-3-2-4-8-19/h2-16H,17H2,1H3,(H,33,36). The predicted octanol–water partition coefficient (Wildman–Crippen LogP) is 6.96. The van der Waals surface area contributed by atoms with Gasteiger partial charge in [-0.2, -0.15) is 0 Å². The lowest BCUT2D eigenvalue weighted by molar-refractivity contribution is -0.113. The van der Waals surface area contributed by atoms with E-state index >= 15 is 0 Å². The lowest BCUT2D eigenvalue weighted by Gasteiger charge is -2.15. The van der Waals surface area contributed by atoms with Crippen LogP contribution in [0.2, 0.25) is 10.0 Å². The van der Waals surface area contributed by atoms with Gasteiger partial charge in [-0.3, -0.25) is 19.0 Å². The molecule has 0 aliphatic rings. The van der Waals surface area contributed by atoms with Crippen LogP contribution < -0.4 is 10.9 Å². The Morgan fingerprint density at radius 2 is 1.67 bits per heavy atom. The number of hydrogen-bond acceptors (Lipinski definition) is 5. The average molecular weight is 574 g/mol. The third kappa shape index (κ3) is 5.76. The quantitative estimate of drug-likeness (QED) is 0.129. The van der Waals surface area contributed by atoms with Gasteiger partial charge in [-0.05, 0) is 55.0 Å². The molecule has 0 saturated heterocycles. The number of halogens is 2. The topological polar surface area (TPSA) is 81.1 Å². The molecular weight excluding hydrogens is 553 g/mol. The number of nitrogens with zero attached hydrogens (tertiary/aromatic N) is 2. The molecule has 5 aromatic rings. The van der Waals surface area contributed by atoms with Crippen LogP contribution >= 0.6 is 35.0 Å². The maximum atomic E-state index is 13.5. The van der Waals surface area contributed by atoms with Gasteiger partial charge in [0.1, 0.15) is 0 Å². The first-order valence-electron chi connectivity index (χ1n) is 11.9. The number of amides is 1. The largest absolute Gasteiger partial charge is 0.325 e. The Bertz CT molecular complexity index is 1790. The first-order chi connectivity index (χ1) is 18.8. The van der Waals surface area contributed by atoms with Crippen molar-refractivity contribution in [3.8, 4) is 5.69 Å². The minimum atomic E-state index is -0.375. The van der Waals surface area contributed by atoms with Crippen LogP contribution in [-0.4, -0.2) is 27.0 Å². The van der Waals surface area contributed by atoms with Crippen LogP contribution in [0.25, 0.3) is 16.6 Å². The van der Waals surface area contributed by atoms with Crippen LogP contribution in [0.3, 0.4) is 0 Å². The second kappa shape index (κ2) is 11.5. The molecule has 0 atom stereocenters. The fourth-order valence-corrected chi connectivity index (χ4v) is 5.19. The fourth-order valence-electron chi connectivity index (χ4n) is 4.03. The molecule has 194 valence electrons. The normalized spacial score (nSPS) is 10.9. The molecule has 0 saturated carbocycles. The molecule has 0 aliphatic carbocycles. The van der Waals surface area contributed by atoms with E-state index in [2.05, 4.69) is 10.3 Å². The molecule has 6 nitrogen and oxygen atoms in total. The Morgan fingerprint density at radius 1 is 0.923 bits per heavy atom. The number of hydrogen-bond donors (Lipinski definition) is 1. The van der Waals surface area contributed by atoms with Crippen LogP contribution in [-0.2, 0) is 4.79 Å². The zero-order valence-corrected chi connectivity index (χ0v) is 23.0. The summed E-state index contributed by atoms with van der Waals surface area (Å²) in [5.41, 5.74) is 2.77. The number of aryl methyl sites for hydroxylation is 1. The van der Waals surface area contributed by atoms with Crippen molar-refractivity contribution in [2.24, 2.45) is 0 Å². The number of anilines is 1. The molecule has 1 amide bonds. The molecule has 1 N–H and O–H groups in total. The summed E-state index contributed by atoms with van der Waals surface area (Å²) in [7, 11) is 0. The van der Waals surface area contributed by atoms with Gasteiger partial charge in [-0.1, -0.05) is 83.5 Å². The molecule has 0 spiro atoms. The van der Waals surface area contributed by atoms with Gasteiger partial charge in [-0.15, -0.1) is 0 Å². The molecule has 0 fully saturated rings. The van der Waals surface area contributed by atoms with Crippen LogP contribution in [0.4, 0.5) is 5.69 Å². The van der Waals surface area contributed by atoms with E-state index < -0.39 is 0 Å². The predicted molar refractivity (Wildman–Crippen MR) is 158 cm³/mol. The summed E-state index contributed by atoms with van der Waals surface area (Å²) in [6.07, 6.45) is 0. The Kier molecular flexibility index (Phi) is 7.84. The van der Waals surface area contributed by atoms with Gasteiger partial charge in [0, 0.05) is 21.2 Å². The summed E-state index contributed by atoms with van der Waals surface area (Å²) < 4.78 is 1.46. The lowest BCUT2D eigenvalue weighted by Crippen LogP contribution is -2.23. The second-order valence-electron chi connectivity index (χ2n) is 8.71. The summed E-state index contributed by atoms with van der Waals surface area (Å²) in [6.45, 7) is 1.88. The van der Waals surface area contributed by atoms with Crippen LogP contribution in [0.5, 0.6) is 0 Å². The van der Waals surface area contributed by atoms with Crippen molar-refractivity contribution < 1.29 is 9.59 Å². The number of benzene rings is 4. The Morgan fingerprint density at radius 3 is 2.44 bits per heavy atom. The van der Waals surface area contributed by atoms with Gasteiger partial charge in [0.25, 0.3) is 5.56 Å². The highest BCUT2D eigenvalue weighted by molar-refractivity contribution is 7.99. The van der Waals surface area contributed by atoms with Crippen molar-refractivity contribution in [1.82, 2.24) is 9.55 Å². The van der Waals surface area contributed by atoms with Crippen LogP contribution in [0, 0.1) is 6.92 Å². The molecule has 1 heterocycles. The number of thioether (sulfide) groups is 1. The van der Waals surface area contributed by atoms with Crippen molar-refractivity contribution in [2.75, 3.05) is 11.1 Å². The molecule has 4 aromatic carbocycles. The average Bonchev–Trinajstić information content (AvgIpc) is 2.94. The van der Waals surface area contributed by atoms with E-state index in [4.69, 9.17) is 23.2 Å². The molecular formula is C30H21Cl2N3O3S. The summed E-state index contributed by atoms with van der Waals surface area (Å²) in [4.78, 5) is 44.3. The number of aromatic nitrogens is 2. The zero-order valence-electron chi connectivity index (χ0n) is 20.7. The van der Waals surface area contributed by atoms with E-state index in [-0.39, 0.29) is 28.6 Å². The van der Waals surface area contributed by atoms with E-state index in [1.807, 2.05) is 19.1 Å². The molecule has 9 heteroatoms. The second-order valence-corrected chi connectivity index (χ2v) is 10.5. The van der Waals surface area contributed by atoms with Crippen molar-refractivity contribution in [2.45, 2.75) is 12.1 Å². The van der Waals surface area contributed by atoms with Crippen molar-refractivity contribution >= 4 is 63.2 Å². The van der Waals surface area contributed by atoms with E-state index in [1.165, 1.54) is 10.6 Å². The monoisotopic (exact) mass is 573 g/mol. The SMILES string of the molecule is Cc1ccc(-n2c(SCC(=O)Nc3ccc(Cl)cc3C(=O)c3ccccc3)nc3ccccc3c2=O)cc1Cl. The maximum absolute atomic E-state index is 13.5. The van der Waals surface area contributed by atoms with E-state index in [0.29, 0.717) is 43.0 Å². The Balaban J connectivity index is 1.45. The number of para-hydroxylation sites is 1. The van der Waals surface area contributed by atoms with E-state index in [1.54, 1.807) is 72.8 Å². The number of fused-ring (bicyclic) bond motifs is 1. The van der Waals surface area contributed by atoms with Crippen LogP contribution in [0.15, 0.2) is 101 Å². The highest BCUT2D eigenvalue weighted by atomic mass is 35.5. The van der Waals surface area contributed by atoms with Crippen LogP contribution in [0.1, 0.15) is 21.5 Å². The molecule has 0 radical (unpaired) electrons. The van der Waals surface area contributed by atoms with E-state index in [9.17, 15) is 14.4 Å². The number of carbonyl (C=O) groups excluding carboxylic acids is 2. The smallest absolute Gasteiger partial charge is 0.266 e. The fraction of sp³-hybridized carbons (Fsp3) is 0.0667. The zero-order chi connectivity index (χ0) is 27.5. The van der Waals surface area contributed by atoms with Gasteiger partial charge >= 0.3 is 0 Å². The molecule has 0 aliphatic heterocycles. The molecule has 5 rings (SSSR count). The molecule has 1 aromatic heterocycles. The summed E-state index contributed by atoms with van der Waals surface area (Å²) in [5.74, 6) is -0.700. The van der Waals surface area contributed by atoms with Gasteiger partial charge in [0.2, 0.25) is 5.91 Å². The highest BCUT2D eigenvalue weighted by Gasteiger charge is 2.18. The summed E-state index contributed by atoms with van der Waals surface area (Å²) >= 11 is 13.6. The van der Waals surface area contributed by atoms with Gasteiger partial charge < -0.3 is 5.32 Å². The number of nitrogens with one attached hydrogen (secondary N) is 1. The maximum Gasteiger partial charge on any atom is 0.266 e. The Labute approximate surface area is 238 Å². The number of carbonyl (C=O) groups is 2. The molecule has 39 heavy (non-hydrogen) atoms. The minimum absolute atomic E-state index is 0.0635.